The molecular formula is C13H5Br4NO6-2. The van der Waals surface area contributed by atoms with Gasteiger partial charge in [-0.1, -0.05) is 0 Å². The van der Waals surface area contributed by atoms with Gasteiger partial charge in [0, 0.05) is 23.9 Å². The molecule has 0 aliphatic carbocycles. The van der Waals surface area contributed by atoms with Crippen molar-refractivity contribution in [1.29, 1.82) is 0 Å². The Balaban J connectivity index is 2.57. The van der Waals surface area contributed by atoms with Crippen molar-refractivity contribution < 1.29 is 29.4 Å². The lowest BCUT2D eigenvalue weighted by molar-refractivity contribution is -0.311. The van der Waals surface area contributed by atoms with E-state index in [1.54, 1.807) is 0 Å². The van der Waals surface area contributed by atoms with Crippen LogP contribution in [0.5, 0.6) is 0 Å². The number of carboxylic acid groups (broad SMARTS) is 2. The molecule has 2 rings (SSSR count). The first-order valence-electron chi connectivity index (χ1n) is 6.24. The van der Waals surface area contributed by atoms with Crippen molar-refractivity contribution in [2.24, 2.45) is 0 Å². The molecule has 2 amide bonds. The van der Waals surface area contributed by atoms with Gasteiger partial charge in [0.05, 0.1) is 23.1 Å². The highest BCUT2D eigenvalue weighted by Crippen LogP contribution is 2.45. The molecule has 0 saturated carbocycles. The number of imide groups is 1. The minimum Gasteiger partial charge on any atom is -0.550 e. The van der Waals surface area contributed by atoms with Crippen LogP contribution in [0, 0.1) is 0 Å². The van der Waals surface area contributed by atoms with Gasteiger partial charge < -0.3 is 19.8 Å². The lowest BCUT2D eigenvalue weighted by Gasteiger charge is -2.27. The molecule has 0 aromatic heterocycles. The second-order valence-corrected chi connectivity index (χ2v) is 7.90. The van der Waals surface area contributed by atoms with Crippen molar-refractivity contribution in [3.05, 3.63) is 29.0 Å². The molecule has 1 heterocycles. The number of rotatable bonds is 5. The number of hydrogen-bond acceptors (Lipinski definition) is 6. The van der Waals surface area contributed by atoms with E-state index in [9.17, 15) is 29.4 Å². The maximum absolute atomic E-state index is 12.6. The number of halogens is 4. The van der Waals surface area contributed by atoms with E-state index < -0.39 is 42.6 Å². The summed E-state index contributed by atoms with van der Waals surface area (Å²) in [4.78, 5) is 47.6. The third-order valence-corrected chi connectivity index (χ3v) is 8.11. The van der Waals surface area contributed by atoms with E-state index in [-0.39, 0.29) is 20.1 Å². The third-order valence-electron chi connectivity index (χ3n) is 3.34. The van der Waals surface area contributed by atoms with Crippen LogP contribution >= 0.6 is 63.7 Å². The van der Waals surface area contributed by atoms with Crippen LogP contribution in [-0.2, 0) is 9.59 Å². The predicted octanol–water partition coefficient (Wildman–Crippen LogP) is 0.981. The van der Waals surface area contributed by atoms with E-state index in [2.05, 4.69) is 63.7 Å². The van der Waals surface area contributed by atoms with Crippen molar-refractivity contribution in [1.82, 2.24) is 4.90 Å². The first kappa shape index (κ1) is 19.5. The molecule has 1 aliphatic heterocycles. The Labute approximate surface area is 168 Å². The van der Waals surface area contributed by atoms with Crippen LogP contribution in [0.15, 0.2) is 17.9 Å². The Morgan fingerprint density at radius 1 is 0.875 bits per heavy atom. The molecule has 0 radical (unpaired) electrons. The summed E-state index contributed by atoms with van der Waals surface area (Å²) in [5.74, 6) is -4.94. The van der Waals surface area contributed by atoms with Gasteiger partial charge in [0.2, 0.25) is 0 Å². The SMILES string of the molecule is O=C([O-])CC[C@@H](C(=O)[O-])N1C(=O)c2c(Br)c(Br)c(Br)c(Br)c2C1=O. The standard InChI is InChI=1S/C13H7Br4NO6/c14-7-5-6(8(15)10(17)9(7)16)12(22)18(11(5)21)3(13(23)24)1-2-4(19)20/h3H,1-2H2,(H,19,20)(H,23,24)/p-2/t3-/m0/s1. The highest BCUT2D eigenvalue weighted by molar-refractivity contribution is 9.15. The number of benzene rings is 1. The second kappa shape index (κ2) is 7.22. The monoisotopic (exact) mass is 587 g/mol. The quantitative estimate of drug-likeness (QED) is 0.287. The Kier molecular flexibility index (Phi) is 5.88. The summed E-state index contributed by atoms with van der Waals surface area (Å²) in [6.07, 6.45) is -1.14. The van der Waals surface area contributed by atoms with Gasteiger partial charge in [-0.15, -0.1) is 0 Å². The Morgan fingerprint density at radius 3 is 1.62 bits per heavy atom. The average molecular weight is 591 g/mol. The zero-order chi connectivity index (χ0) is 18.3. The van der Waals surface area contributed by atoms with Crippen molar-refractivity contribution in [2.45, 2.75) is 18.9 Å². The second-order valence-electron chi connectivity index (χ2n) is 4.73. The van der Waals surface area contributed by atoms with Gasteiger partial charge in [-0.05, 0) is 76.6 Å². The molecular weight excluding hydrogens is 586 g/mol. The van der Waals surface area contributed by atoms with Crippen molar-refractivity contribution in [3.8, 4) is 0 Å². The number of carbonyl (C=O) groups excluding carboxylic acids is 4. The molecule has 0 unspecified atom stereocenters. The zero-order valence-electron chi connectivity index (χ0n) is 11.4. The Hall–Kier alpha value is -0.780. The number of amides is 2. The summed E-state index contributed by atoms with van der Waals surface area (Å²) in [7, 11) is 0. The zero-order valence-corrected chi connectivity index (χ0v) is 17.7. The molecule has 0 spiro atoms. The first-order chi connectivity index (χ1) is 11.1. The fraction of sp³-hybridized carbons (Fsp3) is 0.231. The minimum atomic E-state index is -1.73. The molecule has 24 heavy (non-hydrogen) atoms. The number of hydrogen-bond donors (Lipinski definition) is 0. The number of nitrogens with zero attached hydrogens (tertiary/aromatic N) is 1. The van der Waals surface area contributed by atoms with Crippen molar-refractivity contribution in [3.63, 3.8) is 0 Å². The van der Waals surface area contributed by atoms with Gasteiger partial charge in [0.15, 0.2) is 0 Å². The number of carboxylic acids is 2. The highest BCUT2D eigenvalue weighted by atomic mass is 79.9. The van der Waals surface area contributed by atoms with Crippen LogP contribution in [0.3, 0.4) is 0 Å². The maximum atomic E-state index is 12.6. The fourth-order valence-corrected chi connectivity index (χ4v) is 4.71. The van der Waals surface area contributed by atoms with Crippen LogP contribution in [0.1, 0.15) is 33.6 Å². The molecule has 7 nitrogen and oxygen atoms in total. The molecule has 11 heteroatoms. The number of fused-ring (bicyclic) bond motifs is 1. The van der Waals surface area contributed by atoms with E-state index >= 15 is 0 Å². The smallest absolute Gasteiger partial charge is 0.263 e. The topological polar surface area (TPSA) is 118 Å². The average Bonchev–Trinajstić information content (AvgIpc) is 2.75. The van der Waals surface area contributed by atoms with Crippen LogP contribution in [-0.4, -0.2) is 34.7 Å². The molecule has 1 aliphatic rings. The summed E-state index contributed by atoms with van der Waals surface area (Å²) < 4.78 is 1.45. The number of carbonyl (C=O) groups is 4. The lowest BCUT2D eigenvalue weighted by Crippen LogP contribution is -2.51. The first-order valence-corrected chi connectivity index (χ1v) is 9.41. The van der Waals surface area contributed by atoms with E-state index in [0.29, 0.717) is 13.8 Å². The summed E-state index contributed by atoms with van der Waals surface area (Å²) in [6, 6.07) is -1.72. The molecule has 0 fully saturated rings. The maximum Gasteiger partial charge on any atom is 0.263 e. The normalized spacial score (nSPS) is 14.8. The van der Waals surface area contributed by atoms with Crippen LogP contribution in [0.4, 0.5) is 0 Å². The third kappa shape index (κ3) is 3.18. The lowest BCUT2D eigenvalue weighted by atomic mass is 10.1. The van der Waals surface area contributed by atoms with Crippen LogP contribution in [0.25, 0.3) is 0 Å². The summed E-state index contributed by atoms with van der Waals surface area (Å²) in [5.41, 5.74) is -0.0525. The number of aliphatic carboxylic acids is 2. The summed E-state index contributed by atoms with van der Waals surface area (Å²) in [5, 5.41) is 21.9. The van der Waals surface area contributed by atoms with Gasteiger partial charge in [-0.2, -0.15) is 0 Å². The Bertz CT molecular complexity index is 746. The minimum absolute atomic E-state index is 0.0262. The van der Waals surface area contributed by atoms with Crippen LogP contribution in [0.2, 0.25) is 0 Å². The van der Waals surface area contributed by atoms with Gasteiger partial charge in [-0.25, -0.2) is 0 Å². The summed E-state index contributed by atoms with van der Waals surface area (Å²) in [6.45, 7) is 0. The molecule has 1 aromatic carbocycles. The van der Waals surface area contributed by atoms with E-state index in [0.717, 1.165) is 0 Å². The van der Waals surface area contributed by atoms with Gasteiger partial charge in [0.25, 0.3) is 11.8 Å². The molecule has 0 N–H and O–H groups in total. The van der Waals surface area contributed by atoms with Crippen molar-refractivity contribution in [2.75, 3.05) is 0 Å². The van der Waals surface area contributed by atoms with E-state index in [1.165, 1.54) is 0 Å². The molecule has 128 valence electrons. The Morgan fingerprint density at radius 2 is 1.29 bits per heavy atom. The molecule has 1 atom stereocenters. The van der Waals surface area contributed by atoms with Crippen molar-refractivity contribution >= 4 is 87.5 Å². The highest BCUT2D eigenvalue weighted by Gasteiger charge is 2.44. The van der Waals surface area contributed by atoms with Gasteiger partial charge in [0.1, 0.15) is 0 Å². The largest absolute Gasteiger partial charge is 0.550 e. The molecule has 0 saturated heterocycles. The predicted molar refractivity (Wildman–Crippen MR) is 90.8 cm³/mol. The fourth-order valence-electron chi connectivity index (χ4n) is 2.26. The van der Waals surface area contributed by atoms with Gasteiger partial charge >= 0.3 is 0 Å². The van der Waals surface area contributed by atoms with E-state index in [1.807, 2.05) is 0 Å². The summed E-state index contributed by atoms with van der Waals surface area (Å²) >= 11 is 12.9. The van der Waals surface area contributed by atoms with E-state index in [4.69, 9.17) is 0 Å². The molecule has 0 bridgehead atoms. The van der Waals surface area contributed by atoms with Gasteiger partial charge in [-0.3, -0.25) is 14.5 Å². The molecule has 1 aromatic rings. The van der Waals surface area contributed by atoms with Crippen LogP contribution < -0.4 is 10.2 Å².